The van der Waals surface area contributed by atoms with Gasteiger partial charge in [0.2, 0.25) is 0 Å². The number of hydrogen-bond donors (Lipinski definition) is 1. The van der Waals surface area contributed by atoms with Crippen molar-refractivity contribution in [2.24, 2.45) is 0 Å². The Morgan fingerprint density at radius 3 is 2.71 bits per heavy atom. The van der Waals surface area contributed by atoms with Gasteiger partial charge >= 0.3 is 0 Å². The second kappa shape index (κ2) is 5.60. The number of hydrogen-bond acceptors (Lipinski definition) is 4. The average Bonchev–Trinajstić information content (AvgIpc) is 2.27. The fourth-order valence-corrected chi connectivity index (χ4v) is 1.51. The molecule has 0 atom stereocenters. The predicted molar refractivity (Wildman–Crippen MR) is 62.2 cm³/mol. The second-order valence-corrected chi connectivity index (χ2v) is 3.78. The number of aliphatic hydroxyl groups excluding tert-OH is 1. The van der Waals surface area contributed by atoms with Crippen molar-refractivity contribution in [2.45, 2.75) is 0 Å². The molecule has 0 aliphatic carbocycles. The van der Waals surface area contributed by atoms with Gasteiger partial charge in [0.05, 0.1) is 11.5 Å². The quantitative estimate of drug-likeness (QED) is 0.652. The summed E-state index contributed by atoms with van der Waals surface area (Å²) in [5, 5.41) is 19.1. The molecule has 0 saturated carbocycles. The first-order chi connectivity index (χ1) is 7.97. The van der Waals surface area contributed by atoms with Crippen LogP contribution in [0.5, 0.6) is 0 Å². The molecule has 0 radical (unpaired) electrons. The van der Waals surface area contributed by atoms with Crippen LogP contribution in [0.2, 0.25) is 5.02 Å². The normalized spacial score (nSPS) is 10.1. The summed E-state index contributed by atoms with van der Waals surface area (Å²) in [4.78, 5) is 23.0. The highest BCUT2D eigenvalue weighted by Gasteiger charge is 2.17. The maximum atomic E-state index is 11.8. The van der Waals surface area contributed by atoms with Crippen molar-refractivity contribution in [3.05, 3.63) is 38.9 Å². The minimum atomic E-state index is -0.617. The Kier molecular flexibility index (Phi) is 4.42. The molecule has 0 saturated heterocycles. The molecule has 0 heterocycles. The molecule has 1 rings (SSSR count). The Morgan fingerprint density at radius 1 is 1.59 bits per heavy atom. The van der Waals surface area contributed by atoms with Crippen LogP contribution in [0.4, 0.5) is 5.69 Å². The minimum absolute atomic E-state index is 0.0850. The van der Waals surface area contributed by atoms with Crippen molar-refractivity contribution in [3.63, 3.8) is 0 Å². The molecule has 1 amide bonds. The highest BCUT2D eigenvalue weighted by atomic mass is 35.5. The van der Waals surface area contributed by atoms with Crippen molar-refractivity contribution in [1.82, 2.24) is 4.90 Å². The van der Waals surface area contributed by atoms with Gasteiger partial charge < -0.3 is 10.0 Å². The number of benzene rings is 1. The maximum Gasteiger partial charge on any atom is 0.287 e. The average molecular weight is 259 g/mol. The lowest BCUT2D eigenvalue weighted by Gasteiger charge is -2.15. The van der Waals surface area contributed by atoms with E-state index in [4.69, 9.17) is 16.7 Å². The van der Waals surface area contributed by atoms with Crippen LogP contribution >= 0.6 is 11.6 Å². The zero-order valence-corrected chi connectivity index (χ0v) is 9.85. The summed E-state index contributed by atoms with van der Waals surface area (Å²) < 4.78 is 0. The fourth-order valence-electron chi connectivity index (χ4n) is 1.26. The number of carbonyl (C=O) groups excluding carboxylic acids is 1. The Balaban J connectivity index is 2.97. The molecule has 92 valence electrons. The van der Waals surface area contributed by atoms with E-state index in [1.54, 1.807) is 0 Å². The first-order valence-electron chi connectivity index (χ1n) is 4.77. The Bertz CT molecular complexity index is 450. The summed E-state index contributed by atoms with van der Waals surface area (Å²) in [6, 6.07) is 3.76. The van der Waals surface area contributed by atoms with E-state index in [0.29, 0.717) is 0 Å². The van der Waals surface area contributed by atoms with Crippen LogP contribution in [0.3, 0.4) is 0 Å². The monoisotopic (exact) mass is 258 g/mol. The Hall–Kier alpha value is -1.66. The molecule has 0 spiro atoms. The van der Waals surface area contributed by atoms with Crippen molar-refractivity contribution in [3.8, 4) is 0 Å². The molecule has 1 aromatic rings. The third-order valence-corrected chi connectivity index (χ3v) is 2.48. The third kappa shape index (κ3) is 3.15. The van der Waals surface area contributed by atoms with Gasteiger partial charge in [0.1, 0.15) is 5.02 Å². The van der Waals surface area contributed by atoms with Gasteiger partial charge in [-0.15, -0.1) is 0 Å². The molecule has 0 aliphatic heterocycles. The maximum absolute atomic E-state index is 11.8. The highest BCUT2D eigenvalue weighted by molar-refractivity contribution is 6.33. The number of nitro groups is 1. The van der Waals surface area contributed by atoms with Crippen LogP contribution in [0.25, 0.3) is 0 Å². The topological polar surface area (TPSA) is 83.7 Å². The number of amides is 1. The minimum Gasteiger partial charge on any atom is -0.395 e. The fraction of sp³-hybridized carbons (Fsp3) is 0.300. The molecule has 0 bridgehead atoms. The molecule has 1 aromatic carbocycles. The van der Waals surface area contributed by atoms with Crippen molar-refractivity contribution >= 4 is 23.2 Å². The summed E-state index contributed by atoms with van der Waals surface area (Å²) in [5.74, 6) is -0.351. The molecule has 7 heteroatoms. The predicted octanol–water partition coefficient (Wildman–Crippen LogP) is 1.31. The Morgan fingerprint density at radius 2 is 2.24 bits per heavy atom. The molecular weight excluding hydrogens is 248 g/mol. The molecule has 0 fully saturated rings. The smallest absolute Gasteiger partial charge is 0.287 e. The van der Waals surface area contributed by atoms with Gasteiger partial charge in [-0.3, -0.25) is 14.9 Å². The second-order valence-electron chi connectivity index (χ2n) is 3.37. The highest BCUT2D eigenvalue weighted by Crippen LogP contribution is 2.25. The molecule has 0 unspecified atom stereocenters. The van der Waals surface area contributed by atoms with Gasteiger partial charge in [0.15, 0.2) is 0 Å². The van der Waals surface area contributed by atoms with Gasteiger partial charge in [0.25, 0.3) is 11.6 Å². The summed E-state index contributed by atoms with van der Waals surface area (Å²) in [7, 11) is 1.52. The summed E-state index contributed by atoms with van der Waals surface area (Å²) in [6.45, 7) is 0.0381. The SMILES string of the molecule is CN(CCO)C(=O)c1ccc([N+](=O)[O-])c(Cl)c1. The number of carbonyl (C=O) groups is 1. The molecule has 0 aliphatic rings. The Labute approximate surface area is 103 Å². The molecule has 6 nitrogen and oxygen atoms in total. The standard InChI is InChI=1S/C10H11ClN2O4/c1-12(4-5-14)10(15)7-2-3-9(13(16)17)8(11)6-7/h2-3,6,14H,4-5H2,1H3. The van der Waals surface area contributed by atoms with E-state index in [1.165, 1.54) is 30.1 Å². The van der Waals surface area contributed by atoms with E-state index in [9.17, 15) is 14.9 Å². The van der Waals surface area contributed by atoms with Crippen LogP contribution < -0.4 is 0 Å². The molecule has 1 N–H and O–H groups in total. The lowest BCUT2D eigenvalue weighted by molar-refractivity contribution is -0.384. The van der Waals surface area contributed by atoms with E-state index >= 15 is 0 Å². The van der Waals surface area contributed by atoms with E-state index < -0.39 is 4.92 Å². The molecular formula is C10H11ClN2O4. The number of nitro benzene ring substituents is 1. The first-order valence-corrected chi connectivity index (χ1v) is 5.15. The third-order valence-electron chi connectivity index (χ3n) is 2.17. The number of likely N-dealkylation sites (N-methyl/N-ethyl adjacent to an activating group) is 1. The van der Waals surface area contributed by atoms with Gasteiger partial charge in [-0.25, -0.2) is 0 Å². The summed E-state index contributed by atoms with van der Waals surface area (Å²) >= 11 is 5.69. The van der Waals surface area contributed by atoms with Crippen LogP contribution in [0.1, 0.15) is 10.4 Å². The first kappa shape index (κ1) is 13.4. The van der Waals surface area contributed by atoms with E-state index in [2.05, 4.69) is 0 Å². The van der Waals surface area contributed by atoms with Crippen LogP contribution in [0.15, 0.2) is 18.2 Å². The van der Waals surface area contributed by atoms with E-state index in [0.717, 1.165) is 0 Å². The van der Waals surface area contributed by atoms with Gasteiger partial charge in [0, 0.05) is 25.2 Å². The number of halogens is 1. The van der Waals surface area contributed by atoms with Gasteiger partial charge in [-0.1, -0.05) is 11.6 Å². The number of nitrogens with zero attached hydrogens (tertiary/aromatic N) is 2. The van der Waals surface area contributed by atoms with Crippen molar-refractivity contribution < 1.29 is 14.8 Å². The summed E-state index contributed by atoms with van der Waals surface area (Å²) in [5.41, 5.74) is 0.00424. The zero-order valence-electron chi connectivity index (χ0n) is 9.09. The molecule has 0 aromatic heterocycles. The molecule has 17 heavy (non-hydrogen) atoms. The van der Waals surface area contributed by atoms with Crippen molar-refractivity contribution in [1.29, 1.82) is 0 Å². The van der Waals surface area contributed by atoms with E-state index in [-0.39, 0.29) is 35.3 Å². The largest absolute Gasteiger partial charge is 0.395 e. The van der Waals surface area contributed by atoms with Crippen molar-refractivity contribution in [2.75, 3.05) is 20.2 Å². The number of aliphatic hydroxyl groups is 1. The number of rotatable bonds is 4. The summed E-state index contributed by atoms with van der Waals surface area (Å²) in [6.07, 6.45) is 0. The van der Waals surface area contributed by atoms with Crippen LogP contribution in [-0.2, 0) is 0 Å². The van der Waals surface area contributed by atoms with Crippen LogP contribution in [-0.4, -0.2) is 41.0 Å². The lowest BCUT2D eigenvalue weighted by Crippen LogP contribution is -2.29. The lowest BCUT2D eigenvalue weighted by atomic mass is 10.2. The van der Waals surface area contributed by atoms with Crippen LogP contribution in [0, 0.1) is 10.1 Å². The van der Waals surface area contributed by atoms with E-state index in [1.807, 2.05) is 0 Å². The van der Waals surface area contributed by atoms with Gasteiger partial charge in [-0.2, -0.15) is 0 Å². The zero-order chi connectivity index (χ0) is 13.0. The van der Waals surface area contributed by atoms with Gasteiger partial charge in [-0.05, 0) is 12.1 Å².